The van der Waals surface area contributed by atoms with Crippen LogP contribution in [-0.4, -0.2) is 43.9 Å². The second kappa shape index (κ2) is 8.84. The zero-order valence-corrected chi connectivity index (χ0v) is 14.0. The molecule has 0 fully saturated rings. The maximum Gasteiger partial charge on any atom is 0.251 e. The first kappa shape index (κ1) is 17.7. The molecular formula is C19H23N3O2. The first-order valence-electron chi connectivity index (χ1n) is 7.89. The van der Waals surface area contributed by atoms with Crippen molar-refractivity contribution in [2.24, 2.45) is 0 Å². The number of amides is 2. The molecule has 1 atom stereocenters. The molecule has 0 saturated carbocycles. The Labute approximate surface area is 142 Å². The van der Waals surface area contributed by atoms with E-state index in [9.17, 15) is 9.59 Å². The zero-order chi connectivity index (χ0) is 17.4. The van der Waals surface area contributed by atoms with E-state index in [0.717, 1.165) is 5.56 Å². The smallest absolute Gasteiger partial charge is 0.251 e. The highest BCUT2D eigenvalue weighted by atomic mass is 16.2. The number of hydrogen-bond donors (Lipinski definition) is 2. The predicted octanol–water partition coefficient (Wildman–Crippen LogP) is 1.84. The summed E-state index contributed by atoms with van der Waals surface area (Å²) in [4.78, 5) is 26.0. The van der Waals surface area contributed by atoms with Crippen molar-refractivity contribution in [2.75, 3.05) is 27.2 Å². The largest absolute Gasteiger partial charge is 0.353 e. The van der Waals surface area contributed by atoms with E-state index >= 15 is 0 Å². The van der Waals surface area contributed by atoms with Crippen LogP contribution < -0.4 is 10.6 Å². The molecule has 0 bridgehead atoms. The molecule has 0 radical (unpaired) electrons. The first-order valence-corrected chi connectivity index (χ1v) is 7.89. The molecule has 2 aromatic rings. The van der Waals surface area contributed by atoms with Crippen molar-refractivity contribution in [2.45, 2.75) is 6.04 Å². The fraction of sp³-hybridized carbons (Fsp3) is 0.263. The summed E-state index contributed by atoms with van der Waals surface area (Å²) in [5.74, 6) is -0.458. The molecule has 2 aromatic carbocycles. The maximum absolute atomic E-state index is 12.0. The molecule has 2 amide bonds. The first-order chi connectivity index (χ1) is 11.6. The van der Waals surface area contributed by atoms with Crippen LogP contribution in [-0.2, 0) is 4.79 Å². The van der Waals surface area contributed by atoms with Gasteiger partial charge in [-0.05, 0) is 31.8 Å². The average Bonchev–Trinajstić information content (AvgIpc) is 2.61. The Morgan fingerprint density at radius 3 is 2.08 bits per heavy atom. The number of rotatable bonds is 7. The van der Waals surface area contributed by atoms with Gasteiger partial charge in [-0.25, -0.2) is 0 Å². The lowest BCUT2D eigenvalue weighted by molar-refractivity contribution is -0.120. The normalized spacial score (nSPS) is 11.8. The van der Waals surface area contributed by atoms with Gasteiger partial charge >= 0.3 is 0 Å². The number of carbonyl (C=O) groups excluding carboxylic acids is 2. The van der Waals surface area contributed by atoms with Crippen LogP contribution in [0.15, 0.2) is 60.7 Å². The van der Waals surface area contributed by atoms with Crippen LogP contribution in [0.4, 0.5) is 0 Å². The van der Waals surface area contributed by atoms with E-state index in [1.807, 2.05) is 50.5 Å². The Balaban J connectivity index is 1.82. The van der Waals surface area contributed by atoms with E-state index in [1.54, 1.807) is 24.3 Å². The summed E-state index contributed by atoms with van der Waals surface area (Å²) in [5, 5.41) is 5.50. The van der Waals surface area contributed by atoms with Gasteiger partial charge in [-0.15, -0.1) is 0 Å². The van der Waals surface area contributed by atoms with Gasteiger partial charge in [-0.2, -0.15) is 0 Å². The number of benzene rings is 2. The zero-order valence-electron chi connectivity index (χ0n) is 14.0. The second-order valence-corrected chi connectivity index (χ2v) is 5.74. The Morgan fingerprint density at radius 2 is 1.50 bits per heavy atom. The Kier molecular flexibility index (Phi) is 6.51. The molecule has 2 rings (SSSR count). The van der Waals surface area contributed by atoms with Gasteiger partial charge in [-0.1, -0.05) is 48.5 Å². The Hall–Kier alpha value is -2.66. The molecule has 0 aliphatic heterocycles. The number of nitrogens with zero attached hydrogens (tertiary/aromatic N) is 1. The number of hydrogen-bond acceptors (Lipinski definition) is 3. The summed E-state index contributed by atoms with van der Waals surface area (Å²) >= 11 is 0. The molecule has 5 heteroatoms. The molecule has 126 valence electrons. The lowest BCUT2D eigenvalue weighted by Gasteiger charge is -2.25. The van der Waals surface area contributed by atoms with Crippen molar-refractivity contribution < 1.29 is 9.59 Å². The van der Waals surface area contributed by atoms with Crippen LogP contribution in [0.25, 0.3) is 0 Å². The van der Waals surface area contributed by atoms with Crippen LogP contribution in [0.2, 0.25) is 0 Å². The molecule has 0 aliphatic carbocycles. The van der Waals surface area contributed by atoms with Gasteiger partial charge in [0.2, 0.25) is 5.91 Å². The predicted molar refractivity (Wildman–Crippen MR) is 94.7 cm³/mol. The monoisotopic (exact) mass is 325 g/mol. The Bertz CT molecular complexity index is 657. The van der Waals surface area contributed by atoms with Crippen molar-refractivity contribution in [3.63, 3.8) is 0 Å². The van der Waals surface area contributed by atoms with Gasteiger partial charge in [0.05, 0.1) is 12.6 Å². The van der Waals surface area contributed by atoms with Gasteiger partial charge in [0, 0.05) is 12.1 Å². The highest BCUT2D eigenvalue weighted by molar-refractivity contribution is 5.96. The molecule has 24 heavy (non-hydrogen) atoms. The van der Waals surface area contributed by atoms with Crippen LogP contribution >= 0.6 is 0 Å². The topological polar surface area (TPSA) is 61.4 Å². The highest BCUT2D eigenvalue weighted by Gasteiger charge is 2.15. The lowest BCUT2D eigenvalue weighted by Crippen LogP contribution is -2.40. The van der Waals surface area contributed by atoms with E-state index < -0.39 is 0 Å². The summed E-state index contributed by atoms with van der Waals surface area (Å²) < 4.78 is 0. The van der Waals surface area contributed by atoms with E-state index in [1.165, 1.54) is 0 Å². The van der Waals surface area contributed by atoms with Gasteiger partial charge < -0.3 is 15.5 Å². The molecule has 2 N–H and O–H groups in total. The third kappa shape index (κ3) is 5.21. The van der Waals surface area contributed by atoms with Gasteiger partial charge in [0.1, 0.15) is 0 Å². The summed E-state index contributed by atoms with van der Waals surface area (Å²) in [6.45, 7) is 0.444. The van der Waals surface area contributed by atoms with E-state index in [0.29, 0.717) is 12.1 Å². The fourth-order valence-corrected chi connectivity index (χ4v) is 2.40. The lowest BCUT2D eigenvalue weighted by atomic mass is 10.1. The number of likely N-dealkylation sites (N-methyl/N-ethyl adjacent to an activating group) is 1. The summed E-state index contributed by atoms with van der Waals surface area (Å²) in [6.07, 6.45) is 0. The minimum atomic E-state index is -0.252. The quantitative estimate of drug-likeness (QED) is 0.816. The van der Waals surface area contributed by atoms with Crippen molar-refractivity contribution in [3.8, 4) is 0 Å². The van der Waals surface area contributed by atoms with Crippen molar-refractivity contribution in [3.05, 3.63) is 71.8 Å². The standard InChI is InChI=1S/C19H23N3O2/c1-22(2)17(15-9-5-3-6-10-15)13-20-18(23)14-21-19(24)16-11-7-4-8-12-16/h3-12,17H,13-14H2,1-2H3,(H,20,23)(H,21,24). The minimum Gasteiger partial charge on any atom is -0.353 e. The minimum absolute atomic E-state index is 0.0390. The molecule has 0 aromatic heterocycles. The van der Waals surface area contributed by atoms with Crippen LogP contribution in [0.3, 0.4) is 0 Å². The maximum atomic E-state index is 12.0. The summed E-state index contributed by atoms with van der Waals surface area (Å²) in [5.41, 5.74) is 1.68. The SMILES string of the molecule is CN(C)C(CNC(=O)CNC(=O)c1ccccc1)c1ccccc1. The van der Waals surface area contributed by atoms with Crippen LogP contribution in [0, 0.1) is 0 Å². The summed E-state index contributed by atoms with van der Waals surface area (Å²) in [6, 6.07) is 18.9. The fourth-order valence-electron chi connectivity index (χ4n) is 2.40. The Morgan fingerprint density at radius 1 is 0.917 bits per heavy atom. The summed E-state index contributed by atoms with van der Waals surface area (Å²) in [7, 11) is 3.95. The third-order valence-corrected chi connectivity index (χ3v) is 3.75. The molecular weight excluding hydrogens is 302 g/mol. The third-order valence-electron chi connectivity index (χ3n) is 3.75. The average molecular weight is 325 g/mol. The molecule has 0 spiro atoms. The molecule has 0 saturated heterocycles. The van der Waals surface area contributed by atoms with E-state index in [4.69, 9.17) is 0 Å². The molecule has 0 heterocycles. The van der Waals surface area contributed by atoms with E-state index in [2.05, 4.69) is 15.5 Å². The molecule has 0 aliphatic rings. The number of nitrogens with one attached hydrogen (secondary N) is 2. The molecule has 1 unspecified atom stereocenters. The number of carbonyl (C=O) groups is 2. The molecule has 5 nitrogen and oxygen atoms in total. The van der Waals surface area contributed by atoms with Crippen molar-refractivity contribution in [1.82, 2.24) is 15.5 Å². The van der Waals surface area contributed by atoms with Gasteiger partial charge in [0.25, 0.3) is 5.91 Å². The van der Waals surface area contributed by atoms with Gasteiger partial charge in [0.15, 0.2) is 0 Å². The second-order valence-electron chi connectivity index (χ2n) is 5.74. The van der Waals surface area contributed by atoms with Crippen LogP contribution in [0.1, 0.15) is 22.0 Å². The van der Waals surface area contributed by atoms with Crippen molar-refractivity contribution in [1.29, 1.82) is 0 Å². The van der Waals surface area contributed by atoms with Crippen molar-refractivity contribution >= 4 is 11.8 Å². The van der Waals surface area contributed by atoms with Gasteiger partial charge in [-0.3, -0.25) is 9.59 Å². The van der Waals surface area contributed by atoms with Crippen LogP contribution in [0.5, 0.6) is 0 Å². The highest BCUT2D eigenvalue weighted by Crippen LogP contribution is 2.16. The van der Waals surface area contributed by atoms with E-state index in [-0.39, 0.29) is 24.4 Å².